The lowest BCUT2D eigenvalue weighted by atomic mass is 10.0. The largest absolute Gasteiger partial charge is 0.289 e. The standard InChI is InChI=1S/C17H17N5/c1-3-7-14(8-4-1)11-21-12-16(15-9-5-2-6-10-15)22-17(13-21)18-19-20-22/h1-10,16H,11-13H2/t16-/m1/s1. The topological polar surface area (TPSA) is 46.8 Å². The van der Waals surface area contributed by atoms with Gasteiger partial charge in [-0.25, -0.2) is 4.68 Å². The molecule has 1 atom stereocenters. The third-order valence-corrected chi connectivity index (χ3v) is 4.09. The van der Waals surface area contributed by atoms with E-state index in [2.05, 4.69) is 69.0 Å². The van der Waals surface area contributed by atoms with E-state index in [1.54, 1.807) is 0 Å². The van der Waals surface area contributed by atoms with Crippen molar-refractivity contribution in [1.29, 1.82) is 0 Å². The summed E-state index contributed by atoms with van der Waals surface area (Å²) in [6.07, 6.45) is 0. The van der Waals surface area contributed by atoms with E-state index in [0.717, 1.165) is 25.5 Å². The summed E-state index contributed by atoms with van der Waals surface area (Å²) in [4.78, 5) is 2.40. The minimum Gasteiger partial charge on any atom is -0.289 e. The summed E-state index contributed by atoms with van der Waals surface area (Å²) in [7, 11) is 0. The van der Waals surface area contributed by atoms with Gasteiger partial charge in [-0.1, -0.05) is 60.7 Å². The molecule has 0 fully saturated rings. The molecule has 1 aliphatic rings. The molecule has 0 aliphatic carbocycles. The Hall–Kier alpha value is -2.53. The van der Waals surface area contributed by atoms with Crippen molar-refractivity contribution in [2.75, 3.05) is 6.54 Å². The Labute approximate surface area is 129 Å². The lowest BCUT2D eigenvalue weighted by molar-refractivity contribution is 0.180. The SMILES string of the molecule is c1ccc(CN2Cc3nnnn3[C@@H](c3ccccc3)C2)cc1. The second-order valence-corrected chi connectivity index (χ2v) is 5.62. The molecule has 5 heteroatoms. The Morgan fingerprint density at radius 3 is 2.45 bits per heavy atom. The Balaban J connectivity index is 1.63. The highest BCUT2D eigenvalue weighted by Gasteiger charge is 2.28. The van der Waals surface area contributed by atoms with Crippen LogP contribution in [0.15, 0.2) is 60.7 Å². The summed E-state index contributed by atoms with van der Waals surface area (Å²) in [5.41, 5.74) is 2.56. The van der Waals surface area contributed by atoms with Crippen molar-refractivity contribution in [3.8, 4) is 0 Å². The van der Waals surface area contributed by atoms with E-state index in [4.69, 9.17) is 0 Å². The second kappa shape index (κ2) is 5.69. The Morgan fingerprint density at radius 2 is 1.68 bits per heavy atom. The molecule has 0 saturated heterocycles. The van der Waals surface area contributed by atoms with Crippen LogP contribution >= 0.6 is 0 Å². The zero-order chi connectivity index (χ0) is 14.8. The lowest BCUT2D eigenvalue weighted by Crippen LogP contribution is -2.38. The first-order valence-electron chi connectivity index (χ1n) is 7.48. The van der Waals surface area contributed by atoms with Crippen LogP contribution in [0.1, 0.15) is 23.0 Å². The average molecular weight is 291 g/mol. The molecule has 2 aromatic carbocycles. The summed E-state index contributed by atoms with van der Waals surface area (Å²) in [5, 5.41) is 12.2. The van der Waals surface area contributed by atoms with E-state index >= 15 is 0 Å². The van der Waals surface area contributed by atoms with Gasteiger partial charge in [-0.2, -0.15) is 0 Å². The highest BCUT2D eigenvalue weighted by molar-refractivity contribution is 5.22. The summed E-state index contributed by atoms with van der Waals surface area (Å²) in [6, 6.07) is 21.2. The van der Waals surface area contributed by atoms with E-state index in [1.165, 1.54) is 11.1 Å². The third-order valence-electron chi connectivity index (χ3n) is 4.09. The van der Waals surface area contributed by atoms with Crippen LogP contribution in [0, 0.1) is 0 Å². The van der Waals surface area contributed by atoms with Crippen molar-refractivity contribution in [3.05, 3.63) is 77.6 Å². The fourth-order valence-corrected chi connectivity index (χ4v) is 3.03. The minimum absolute atomic E-state index is 0.170. The maximum absolute atomic E-state index is 4.18. The van der Waals surface area contributed by atoms with Gasteiger partial charge in [0.2, 0.25) is 0 Å². The van der Waals surface area contributed by atoms with Gasteiger partial charge in [-0.15, -0.1) is 5.10 Å². The van der Waals surface area contributed by atoms with Gasteiger partial charge < -0.3 is 0 Å². The average Bonchev–Trinajstić information content (AvgIpc) is 3.04. The van der Waals surface area contributed by atoms with Gasteiger partial charge in [0.15, 0.2) is 5.82 Å². The Morgan fingerprint density at radius 1 is 0.955 bits per heavy atom. The van der Waals surface area contributed by atoms with Crippen molar-refractivity contribution in [2.45, 2.75) is 19.1 Å². The van der Waals surface area contributed by atoms with Crippen LogP contribution in [0.4, 0.5) is 0 Å². The fraction of sp³-hybridized carbons (Fsp3) is 0.235. The highest BCUT2D eigenvalue weighted by Crippen LogP contribution is 2.25. The van der Waals surface area contributed by atoms with E-state index in [9.17, 15) is 0 Å². The molecule has 22 heavy (non-hydrogen) atoms. The van der Waals surface area contributed by atoms with Crippen LogP contribution in [0.25, 0.3) is 0 Å². The van der Waals surface area contributed by atoms with Crippen LogP contribution in [-0.4, -0.2) is 31.7 Å². The molecule has 0 amide bonds. The molecular weight excluding hydrogens is 274 g/mol. The number of fused-ring (bicyclic) bond motifs is 1. The summed E-state index contributed by atoms with van der Waals surface area (Å²) < 4.78 is 1.96. The molecule has 0 saturated carbocycles. The first-order valence-corrected chi connectivity index (χ1v) is 7.48. The van der Waals surface area contributed by atoms with Crippen LogP contribution in [-0.2, 0) is 13.1 Å². The van der Waals surface area contributed by atoms with E-state index in [0.29, 0.717) is 0 Å². The first kappa shape index (κ1) is 13.2. The molecule has 2 heterocycles. The molecule has 4 rings (SSSR count). The van der Waals surface area contributed by atoms with Crippen molar-refractivity contribution in [3.63, 3.8) is 0 Å². The first-order chi connectivity index (χ1) is 10.9. The molecule has 110 valence electrons. The van der Waals surface area contributed by atoms with Crippen molar-refractivity contribution >= 4 is 0 Å². The zero-order valence-electron chi connectivity index (χ0n) is 12.2. The number of hydrogen-bond acceptors (Lipinski definition) is 4. The number of benzene rings is 2. The number of aromatic nitrogens is 4. The quantitative estimate of drug-likeness (QED) is 0.743. The minimum atomic E-state index is 0.170. The van der Waals surface area contributed by atoms with Crippen LogP contribution in [0.3, 0.4) is 0 Å². The van der Waals surface area contributed by atoms with E-state index in [-0.39, 0.29) is 6.04 Å². The van der Waals surface area contributed by atoms with Gasteiger partial charge >= 0.3 is 0 Å². The molecule has 5 nitrogen and oxygen atoms in total. The molecule has 0 N–H and O–H groups in total. The second-order valence-electron chi connectivity index (χ2n) is 5.62. The highest BCUT2D eigenvalue weighted by atomic mass is 15.6. The Bertz CT molecular complexity index is 738. The summed E-state index contributed by atoms with van der Waals surface area (Å²) in [5.74, 6) is 0.927. The van der Waals surface area contributed by atoms with Crippen molar-refractivity contribution in [2.24, 2.45) is 0 Å². The Kier molecular flexibility index (Phi) is 3.40. The molecule has 0 spiro atoms. The summed E-state index contributed by atoms with van der Waals surface area (Å²) >= 11 is 0. The molecule has 1 aromatic heterocycles. The van der Waals surface area contributed by atoms with E-state index < -0.39 is 0 Å². The van der Waals surface area contributed by atoms with Gasteiger partial charge in [0.1, 0.15) is 0 Å². The fourth-order valence-electron chi connectivity index (χ4n) is 3.03. The number of hydrogen-bond donors (Lipinski definition) is 0. The number of tetrazole rings is 1. The van der Waals surface area contributed by atoms with Crippen LogP contribution in [0.2, 0.25) is 0 Å². The van der Waals surface area contributed by atoms with Crippen molar-refractivity contribution in [1.82, 2.24) is 25.1 Å². The maximum Gasteiger partial charge on any atom is 0.166 e. The molecule has 0 radical (unpaired) electrons. The summed E-state index contributed by atoms with van der Waals surface area (Å²) in [6.45, 7) is 2.61. The van der Waals surface area contributed by atoms with Crippen LogP contribution in [0.5, 0.6) is 0 Å². The normalized spacial score (nSPS) is 18.1. The monoisotopic (exact) mass is 291 g/mol. The molecule has 0 bridgehead atoms. The predicted molar refractivity (Wildman–Crippen MR) is 83.0 cm³/mol. The molecule has 0 unspecified atom stereocenters. The number of rotatable bonds is 3. The van der Waals surface area contributed by atoms with Crippen molar-refractivity contribution < 1.29 is 0 Å². The van der Waals surface area contributed by atoms with Crippen LogP contribution < -0.4 is 0 Å². The number of nitrogens with zero attached hydrogens (tertiary/aromatic N) is 5. The van der Waals surface area contributed by atoms with E-state index in [1.807, 2.05) is 16.8 Å². The smallest absolute Gasteiger partial charge is 0.166 e. The van der Waals surface area contributed by atoms with Gasteiger partial charge in [0.05, 0.1) is 12.6 Å². The maximum atomic E-state index is 4.18. The molecule has 3 aromatic rings. The molecule has 1 aliphatic heterocycles. The van der Waals surface area contributed by atoms with Gasteiger partial charge in [-0.05, 0) is 21.6 Å². The third kappa shape index (κ3) is 2.51. The molecular formula is C17H17N5. The zero-order valence-corrected chi connectivity index (χ0v) is 12.2. The van der Waals surface area contributed by atoms with Gasteiger partial charge in [0, 0.05) is 13.1 Å². The lowest BCUT2D eigenvalue weighted by Gasteiger charge is -2.32. The van der Waals surface area contributed by atoms with Gasteiger partial charge in [0.25, 0.3) is 0 Å². The van der Waals surface area contributed by atoms with Gasteiger partial charge in [-0.3, -0.25) is 4.90 Å². The predicted octanol–water partition coefficient (Wildman–Crippen LogP) is 2.28.